The first-order valence-corrected chi connectivity index (χ1v) is 7.33. The maximum Gasteiger partial charge on any atom is 0.326 e. The molecule has 2 N–H and O–H groups in total. The molecule has 1 aromatic heterocycles. The summed E-state index contributed by atoms with van der Waals surface area (Å²) in [6.45, 7) is 0.922. The monoisotopic (exact) mass is 289 g/mol. The second kappa shape index (κ2) is 5.71. The molecule has 0 spiro atoms. The van der Waals surface area contributed by atoms with Gasteiger partial charge in [-0.1, -0.05) is 12.5 Å². The molecule has 3 atom stereocenters. The van der Waals surface area contributed by atoms with Gasteiger partial charge in [-0.3, -0.25) is 4.98 Å². The Balaban J connectivity index is 1.65. The second-order valence-corrected chi connectivity index (χ2v) is 5.81. The van der Waals surface area contributed by atoms with Gasteiger partial charge in [-0.15, -0.1) is 0 Å². The number of carboxylic acids is 1. The van der Waals surface area contributed by atoms with Gasteiger partial charge in [0.05, 0.1) is 0 Å². The molecule has 6 nitrogen and oxygen atoms in total. The number of carbonyl (C=O) groups excluding carboxylic acids is 1. The third kappa shape index (κ3) is 2.70. The van der Waals surface area contributed by atoms with Crippen molar-refractivity contribution in [2.75, 3.05) is 6.54 Å². The van der Waals surface area contributed by atoms with Crippen LogP contribution in [0.3, 0.4) is 0 Å². The lowest BCUT2D eigenvalue weighted by Crippen LogP contribution is -2.47. The van der Waals surface area contributed by atoms with Crippen molar-refractivity contribution in [2.45, 2.75) is 31.8 Å². The lowest BCUT2D eigenvalue weighted by molar-refractivity contribution is -0.142. The van der Waals surface area contributed by atoms with Gasteiger partial charge in [-0.25, -0.2) is 9.59 Å². The van der Waals surface area contributed by atoms with Gasteiger partial charge in [0.15, 0.2) is 0 Å². The number of likely N-dealkylation sites (tertiary alicyclic amines) is 1. The van der Waals surface area contributed by atoms with Crippen LogP contribution in [0, 0.1) is 11.8 Å². The maximum atomic E-state index is 12.3. The van der Waals surface area contributed by atoms with E-state index in [1.165, 1.54) is 4.90 Å². The van der Waals surface area contributed by atoms with Crippen LogP contribution in [-0.2, 0) is 11.3 Å². The molecule has 1 saturated heterocycles. The predicted octanol–water partition coefficient (Wildman–Crippen LogP) is 1.48. The number of amides is 2. The van der Waals surface area contributed by atoms with E-state index in [-0.39, 0.29) is 11.9 Å². The molecule has 0 radical (unpaired) electrons. The molecule has 3 rings (SSSR count). The molecule has 2 fully saturated rings. The Morgan fingerprint density at radius 1 is 1.43 bits per heavy atom. The fourth-order valence-electron chi connectivity index (χ4n) is 3.61. The number of hydrogen-bond acceptors (Lipinski definition) is 3. The van der Waals surface area contributed by atoms with Crippen LogP contribution in [0.25, 0.3) is 0 Å². The summed E-state index contributed by atoms with van der Waals surface area (Å²) in [5, 5.41) is 12.2. The summed E-state index contributed by atoms with van der Waals surface area (Å²) < 4.78 is 0. The Bertz CT molecular complexity index is 534. The van der Waals surface area contributed by atoms with E-state index in [9.17, 15) is 14.7 Å². The third-order valence-electron chi connectivity index (χ3n) is 4.57. The van der Waals surface area contributed by atoms with Gasteiger partial charge in [-0.2, -0.15) is 0 Å². The number of carbonyl (C=O) groups is 2. The summed E-state index contributed by atoms with van der Waals surface area (Å²) in [6.07, 6.45) is 6.38. The van der Waals surface area contributed by atoms with Gasteiger partial charge in [0.25, 0.3) is 0 Å². The van der Waals surface area contributed by atoms with Gasteiger partial charge in [0, 0.05) is 25.5 Å². The fourth-order valence-corrected chi connectivity index (χ4v) is 3.61. The van der Waals surface area contributed by atoms with E-state index in [4.69, 9.17) is 0 Å². The van der Waals surface area contributed by atoms with Crippen molar-refractivity contribution in [2.24, 2.45) is 11.8 Å². The first-order valence-electron chi connectivity index (χ1n) is 7.33. The van der Waals surface area contributed by atoms with Crippen molar-refractivity contribution in [1.29, 1.82) is 0 Å². The standard InChI is InChI=1S/C15H19N3O3/c19-14(20)13-12-5-1-4-11(12)9-18(13)15(21)17-8-10-3-2-6-16-7-10/h2-3,6-7,11-13H,1,4-5,8-9H2,(H,17,21)(H,19,20). The second-order valence-electron chi connectivity index (χ2n) is 5.81. The van der Waals surface area contributed by atoms with E-state index >= 15 is 0 Å². The van der Waals surface area contributed by atoms with Gasteiger partial charge < -0.3 is 15.3 Å². The van der Waals surface area contributed by atoms with Gasteiger partial charge in [0.1, 0.15) is 6.04 Å². The fraction of sp³-hybridized carbons (Fsp3) is 0.533. The van der Waals surface area contributed by atoms with Crippen LogP contribution >= 0.6 is 0 Å². The van der Waals surface area contributed by atoms with E-state index in [2.05, 4.69) is 10.3 Å². The highest BCUT2D eigenvalue weighted by Crippen LogP contribution is 2.42. The number of aliphatic carboxylic acids is 1. The number of nitrogens with zero attached hydrogens (tertiary/aromatic N) is 2. The lowest BCUT2D eigenvalue weighted by Gasteiger charge is -2.24. The van der Waals surface area contributed by atoms with Crippen LogP contribution in [-0.4, -0.2) is 39.6 Å². The predicted molar refractivity (Wildman–Crippen MR) is 75.4 cm³/mol. The molecule has 1 aromatic rings. The largest absolute Gasteiger partial charge is 0.480 e. The molecule has 0 bridgehead atoms. The highest BCUT2D eigenvalue weighted by molar-refractivity contribution is 5.83. The molecular weight excluding hydrogens is 270 g/mol. The number of nitrogens with one attached hydrogen (secondary N) is 1. The Morgan fingerprint density at radius 2 is 2.29 bits per heavy atom. The number of rotatable bonds is 3. The van der Waals surface area contributed by atoms with Gasteiger partial charge in [0.2, 0.25) is 0 Å². The van der Waals surface area contributed by atoms with Gasteiger partial charge in [-0.05, 0) is 36.3 Å². The van der Waals surface area contributed by atoms with Gasteiger partial charge >= 0.3 is 12.0 Å². The quantitative estimate of drug-likeness (QED) is 0.883. The topological polar surface area (TPSA) is 82.5 Å². The van der Waals surface area contributed by atoms with Crippen LogP contribution in [0.5, 0.6) is 0 Å². The molecular formula is C15H19N3O3. The smallest absolute Gasteiger partial charge is 0.326 e. The molecule has 21 heavy (non-hydrogen) atoms. The molecule has 3 unspecified atom stereocenters. The van der Waals surface area contributed by atoms with E-state index < -0.39 is 12.0 Å². The van der Waals surface area contributed by atoms with E-state index in [0.29, 0.717) is 19.0 Å². The Morgan fingerprint density at radius 3 is 3.00 bits per heavy atom. The molecule has 112 valence electrons. The van der Waals surface area contributed by atoms with Crippen molar-refractivity contribution in [3.05, 3.63) is 30.1 Å². The first-order chi connectivity index (χ1) is 10.2. The van der Waals surface area contributed by atoms with Crippen LogP contribution in [0.15, 0.2) is 24.5 Å². The summed E-state index contributed by atoms with van der Waals surface area (Å²) in [5.41, 5.74) is 0.900. The summed E-state index contributed by atoms with van der Waals surface area (Å²) in [7, 11) is 0. The molecule has 1 saturated carbocycles. The Labute approximate surface area is 123 Å². The van der Waals surface area contributed by atoms with Crippen LogP contribution in [0.2, 0.25) is 0 Å². The van der Waals surface area contributed by atoms with Crippen molar-refractivity contribution in [3.63, 3.8) is 0 Å². The third-order valence-corrected chi connectivity index (χ3v) is 4.57. The van der Waals surface area contributed by atoms with Crippen LogP contribution in [0.1, 0.15) is 24.8 Å². The number of aromatic nitrogens is 1. The summed E-state index contributed by atoms with van der Waals surface area (Å²) in [4.78, 5) is 29.3. The molecule has 6 heteroatoms. The number of carboxylic acid groups (broad SMARTS) is 1. The minimum atomic E-state index is -0.888. The molecule has 2 amide bonds. The van der Waals surface area contributed by atoms with Crippen LogP contribution < -0.4 is 5.32 Å². The normalized spacial score (nSPS) is 27.4. The molecule has 2 heterocycles. The Hall–Kier alpha value is -2.11. The van der Waals surface area contributed by atoms with Crippen molar-refractivity contribution < 1.29 is 14.7 Å². The molecule has 1 aliphatic carbocycles. The average molecular weight is 289 g/mol. The highest BCUT2D eigenvalue weighted by Gasteiger charge is 2.49. The summed E-state index contributed by atoms with van der Waals surface area (Å²) >= 11 is 0. The van der Waals surface area contributed by atoms with E-state index in [1.807, 2.05) is 12.1 Å². The molecule has 1 aliphatic heterocycles. The maximum absolute atomic E-state index is 12.3. The van der Waals surface area contributed by atoms with Crippen molar-refractivity contribution in [1.82, 2.24) is 15.2 Å². The SMILES string of the molecule is O=C(O)C1C2CCCC2CN1C(=O)NCc1cccnc1. The molecule has 0 aromatic carbocycles. The van der Waals surface area contributed by atoms with Crippen LogP contribution in [0.4, 0.5) is 4.79 Å². The van der Waals surface area contributed by atoms with E-state index in [1.54, 1.807) is 12.4 Å². The van der Waals surface area contributed by atoms with E-state index in [0.717, 1.165) is 24.8 Å². The van der Waals surface area contributed by atoms with Crippen molar-refractivity contribution in [3.8, 4) is 0 Å². The lowest BCUT2D eigenvalue weighted by atomic mass is 9.94. The minimum absolute atomic E-state index is 0.117. The zero-order chi connectivity index (χ0) is 14.8. The minimum Gasteiger partial charge on any atom is -0.480 e. The number of fused-ring (bicyclic) bond motifs is 1. The molecule has 2 aliphatic rings. The number of pyridine rings is 1. The summed E-state index contributed by atoms with van der Waals surface area (Å²) in [5.74, 6) is -0.428. The number of hydrogen-bond donors (Lipinski definition) is 2. The summed E-state index contributed by atoms with van der Waals surface area (Å²) in [6, 6.07) is 2.72. The zero-order valence-corrected chi connectivity index (χ0v) is 11.7. The first kappa shape index (κ1) is 13.9. The number of urea groups is 1. The Kier molecular flexibility index (Phi) is 3.77. The van der Waals surface area contributed by atoms with Crippen molar-refractivity contribution >= 4 is 12.0 Å². The average Bonchev–Trinajstić information content (AvgIpc) is 3.05. The zero-order valence-electron chi connectivity index (χ0n) is 11.7. The highest BCUT2D eigenvalue weighted by atomic mass is 16.4.